The Bertz CT molecular complexity index is 932. The number of hydrogen-bond donors (Lipinski definition) is 2. The highest BCUT2D eigenvalue weighted by Gasteiger charge is 2.25. The normalized spacial score (nSPS) is 12.8. The van der Waals surface area contributed by atoms with Gasteiger partial charge in [0.25, 0.3) is 5.91 Å². The van der Waals surface area contributed by atoms with E-state index in [1.165, 1.54) is 5.56 Å². The van der Waals surface area contributed by atoms with Gasteiger partial charge in [-0.3, -0.25) is 9.59 Å². The first-order valence-corrected chi connectivity index (χ1v) is 9.99. The van der Waals surface area contributed by atoms with Crippen LogP contribution in [0.4, 0.5) is 16.2 Å². The average molecular weight is 409 g/mol. The second kappa shape index (κ2) is 8.98. The smallest absolute Gasteiger partial charge is 0.407 e. The van der Waals surface area contributed by atoms with Crippen molar-refractivity contribution < 1.29 is 19.1 Å². The molecule has 1 heterocycles. The summed E-state index contributed by atoms with van der Waals surface area (Å²) in [5.41, 5.74) is 2.71. The number of carbonyl (C=O) groups excluding carboxylic acids is 3. The van der Waals surface area contributed by atoms with Crippen molar-refractivity contribution in [3.8, 4) is 0 Å². The van der Waals surface area contributed by atoms with Crippen LogP contribution in [-0.2, 0) is 16.0 Å². The van der Waals surface area contributed by atoms with E-state index in [4.69, 9.17) is 4.74 Å². The van der Waals surface area contributed by atoms with Gasteiger partial charge in [-0.1, -0.05) is 18.2 Å². The number of hydrogen-bond acceptors (Lipinski definition) is 4. The summed E-state index contributed by atoms with van der Waals surface area (Å²) in [4.78, 5) is 38.3. The number of fused-ring (bicyclic) bond motifs is 1. The molecular formula is C23H27N3O4. The van der Waals surface area contributed by atoms with E-state index in [1.54, 1.807) is 49.9 Å². The summed E-state index contributed by atoms with van der Waals surface area (Å²) >= 11 is 0. The van der Waals surface area contributed by atoms with Crippen molar-refractivity contribution in [2.24, 2.45) is 0 Å². The zero-order valence-corrected chi connectivity index (χ0v) is 17.5. The molecule has 0 radical (unpaired) electrons. The van der Waals surface area contributed by atoms with E-state index in [9.17, 15) is 14.4 Å². The quantitative estimate of drug-likeness (QED) is 0.787. The molecule has 1 aliphatic rings. The SMILES string of the molecule is CC(C)(C)OC(=O)NCCC(=O)Nc1ccc(C(=O)N2CCc3ccccc32)cc1. The molecule has 0 fully saturated rings. The summed E-state index contributed by atoms with van der Waals surface area (Å²) in [6.45, 7) is 6.16. The maximum absolute atomic E-state index is 12.8. The zero-order valence-electron chi connectivity index (χ0n) is 17.5. The molecule has 0 unspecified atom stereocenters. The Kier molecular flexibility index (Phi) is 6.40. The van der Waals surface area contributed by atoms with Gasteiger partial charge in [0.15, 0.2) is 0 Å². The zero-order chi connectivity index (χ0) is 21.7. The third kappa shape index (κ3) is 5.59. The largest absolute Gasteiger partial charge is 0.444 e. The standard InChI is InChI=1S/C23H27N3O4/c1-23(2,3)30-22(29)24-14-12-20(27)25-18-10-8-17(9-11-18)21(28)26-15-13-16-6-4-5-7-19(16)26/h4-11H,12-15H2,1-3H3,(H,24,29)(H,25,27). The lowest BCUT2D eigenvalue weighted by molar-refractivity contribution is -0.116. The second-order valence-corrected chi connectivity index (χ2v) is 8.14. The fraction of sp³-hybridized carbons (Fsp3) is 0.348. The Labute approximate surface area is 176 Å². The van der Waals surface area contributed by atoms with Crippen molar-refractivity contribution in [1.82, 2.24) is 5.32 Å². The van der Waals surface area contributed by atoms with Gasteiger partial charge >= 0.3 is 6.09 Å². The molecule has 7 nitrogen and oxygen atoms in total. The predicted molar refractivity (Wildman–Crippen MR) is 116 cm³/mol. The summed E-state index contributed by atoms with van der Waals surface area (Å²) in [7, 11) is 0. The minimum atomic E-state index is -0.581. The number of amides is 3. The van der Waals surface area contributed by atoms with Crippen LogP contribution < -0.4 is 15.5 Å². The van der Waals surface area contributed by atoms with Crippen LogP contribution in [0.15, 0.2) is 48.5 Å². The highest BCUT2D eigenvalue weighted by Crippen LogP contribution is 2.29. The summed E-state index contributed by atoms with van der Waals surface area (Å²) in [5.74, 6) is -0.294. The molecule has 1 aliphatic heterocycles. The lowest BCUT2D eigenvalue weighted by atomic mass is 10.1. The number of nitrogens with zero attached hydrogens (tertiary/aromatic N) is 1. The molecule has 0 bridgehead atoms. The van der Waals surface area contributed by atoms with Crippen LogP contribution in [-0.4, -0.2) is 36.6 Å². The van der Waals surface area contributed by atoms with E-state index >= 15 is 0 Å². The molecule has 0 atom stereocenters. The molecular weight excluding hydrogens is 382 g/mol. The van der Waals surface area contributed by atoms with Crippen molar-refractivity contribution in [3.63, 3.8) is 0 Å². The molecule has 0 aromatic heterocycles. The molecule has 0 spiro atoms. The van der Waals surface area contributed by atoms with Crippen molar-refractivity contribution >= 4 is 29.3 Å². The summed E-state index contributed by atoms with van der Waals surface area (Å²) in [6, 6.07) is 14.7. The molecule has 158 valence electrons. The van der Waals surface area contributed by atoms with E-state index in [1.807, 2.05) is 24.3 Å². The molecule has 3 rings (SSSR count). The van der Waals surface area contributed by atoms with Crippen molar-refractivity contribution in [2.75, 3.05) is 23.3 Å². The second-order valence-electron chi connectivity index (χ2n) is 8.14. The van der Waals surface area contributed by atoms with Gasteiger partial charge in [-0.25, -0.2) is 4.79 Å². The fourth-order valence-corrected chi connectivity index (χ4v) is 3.22. The van der Waals surface area contributed by atoms with Gasteiger partial charge in [-0.05, 0) is 63.1 Å². The molecule has 0 saturated carbocycles. The van der Waals surface area contributed by atoms with Crippen molar-refractivity contribution in [2.45, 2.75) is 39.2 Å². The molecule has 2 aromatic rings. The minimum Gasteiger partial charge on any atom is -0.444 e. The number of nitrogens with one attached hydrogen (secondary N) is 2. The Morgan fingerprint density at radius 1 is 1.03 bits per heavy atom. The Morgan fingerprint density at radius 2 is 1.73 bits per heavy atom. The molecule has 2 N–H and O–H groups in total. The molecule has 30 heavy (non-hydrogen) atoms. The average Bonchev–Trinajstić information content (AvgIpc) is 3.11. The Morgan fingerprint density at radius 3 is 2.43 bits per heavy atom. The molecule has 2 aromatic carbocycles. The van der Waals surface area contributed by atoms with Crippen LogP contribution in [0.1, 0.15) is 43.1 Å². The number of ether oxygens (including phenoxy) is 1. The first-order chi connectivity index (χ1) is 14.2. The number of carbonyl (C=O) groups is 3. The lowest BCUT2D eigenvalue weighted by Gasteiger charge is -2.19. The van der Waals surface area contributed by atoms with Gasteiger partial charge in [0, 0.05) is 36.4 Å². The van der Waals surface area contributed by atoms with Crippen molar-refractivity contribution in [1.29, 1.82) is 0 Å². The van der Waals surface area contributed by atoms with Crippen LogP contribution in [0.2, 0.25) is 0 Å². The minimum absolute atomic E-state index is 0.0561. The van der Waals surface area contributed by atoms with E-state index in [-0.39, 0.29) is 24.8 Å². The summed E-state index contributed by atoms with van der Waals surface area (Å²) in [5, 5.41) is 5.31. The van der Waals surface area contributed by atoms with E-state index in [2.05, 4.69) is 10.6 Å². The first-order valence-electron chi connectivity index (χ1n) is 9.99. The highest BCUT2D eigenvalue weighted by molar-refractivity contribution is 6.07. The van der Waals surface area contributed by atoms with Crippen molar-refractivity contribution in [3.05, 3.63) is 59.7 Å². The van der Waals surface area contributed by atoms with Gasteiger partial charge in [-0.2, -0.15) is 0 Å². The van der Waals surface area contributed by atoms with Crippen LogP contribution in [0.25, 0.3) is 0 Å². The third-order valence-corrected chi connectivity index (χ3v) is 4.57. The number of benzene rings is 2. The van der Waals surface area contributed by atoms with Gasteiger partial charge < -0.3 is 20.3 Å². The third-order valence-electron chi connectivity index (χ3n) is 4.57. The van der Waals surface area contributed by atoms with Gasteiger partial charge in [0.1, 0.15) is 5.60 Å². The van der Waals surface area contributed by atoms with Gasteiger partial charge in [0.2, 0.25) is 5.91 Å². The van der Waals surface area contributed by atoms with Crippen LogP contribution >= 0.6 is 0 Å². The number of alkyl carbamates (subject to hydrolysis) is 1. The number of para-hydroxylation sites is 1. The van der Waals surface area contributed by atoms with Crippen LogP contribution in [0, 0.1) is 0 Å². The van der Waals surface area contributed by atoms with Gasteiger partial charge in [0.05, 0.1) is 0 Å². The van der Waals surface area contributed by atoms with Crippen LogP contribution in [0.3, 0.4) is 0 Å². The maximum Gasteiger partial charge on any atom is 0.407 e. The lowest BCUT2D eigenvalue weighted by Crippen LogP contribution is -2.34. The van der Waals surface area contributed by atoms with E-state index in [0.717, 1.165) is 12.1 Å². The topological polar surface area (TPSA) is 87.7 Å². The monoisotopic (exact) mass is 409 g/mol. The van der Waals surface area contributed by atoms with Crippen LogP contribution in [0.5, 0.6) is 0 Å². The van der Waals surface area contributed by atoms with E-state index in [0.29, 0.717) is 17.8 Å². The molecule has 7 heteroatoms. The fourth-order valence-electron chi connectivity index (χ4n) is 3.22. The first kappa shape index (κ1) is 21.4. The molecule has 3 amide bonds. The maximum atomic E-state index is 12.8. The summed E-state index contributed by atoms with van der Waals surface area (Å²) in [6.07, 6.45) is 0.416. The molecule has 0 aliphatic carbocycles. The number of anilines is 2. The molecule has 0 saturated heterocycles. The Hall–Kier alpha value is -3.35. The predicted octanol–water partition coefficient (Wildman–Crippen LogP) is 3.74. The number of rotatable bonds is 5. The Balaban J connectivity index is 1.49. The highest BCUT2D eigenvalue weighted by atomic mass is 16.6. The van der Waals surface area contributed by atoms with Gasteiger partial charge in [-0.15, -0.1) is 0 Å². The summed E-state index contributed by atoms with van der Waals surface area (Å²) < 4.78 is 5.12. The van der Waals surface area contributed by atoms with E-state index < -0.39 is 11.7 Å².